The van der Waals surface area contributed by atoms with Crippen LogP contribution in [-0.2, 0) is 9.53 Å². The van der Waals surface area contributed by atoms with Crippen molar-refractivity contribution in [1.29, 1.82) is 0 Å². The topological polar surface area (TPSA) is 94.6 Å². The van der Waals surface area contributed by atoms with E-state index in [0.29, 0.717) is 25.0 Å². The average molecular weight is 282 g/mol. The second-order valence-corrected chi connectivity index (χ2v) is 4.30. The van der Waals surface area contributed by atoms with E-state index in [1.807, 2.05) is 0 Å². The van der Waals surface area contributed by atoms with Gasteiger partial charge in [-0.25, -0.2) is 0 Å². The number of likely N-dealkylation sites (N-methyl/N-ethyl adjacent to an activating group) is 1. The molecule has 1 aliphatic heterocycles. The van der Waals surface area contributed by atoms with Crippen LogP contribution in [0.15, 0.2) is 6.07 Å². The number of aromatic nitrogens is 2. The Bertz CT molecular complexity index is 460. The summed E-state index contributed by atoms with van der Waals surface area (Å²) in [6.45, 7) is 0.884. The van der Waals surface area contributed by atoms with E-state index in [4.69, 9.17) is 14.2 Å². The molecule has 0 saturated carbocycles. The lowest BCUT2D eigenvalue weighted by molar-refractivity contribution is -0.120. The highest BCUT2D eigenvalue weighted by Gasteiger charge is 2.33. The van der Waals surface area contributed by atoms with Gasteiger partial charge in [-0.15, -0.1) is 0 Å². The maximum Gasteiger partial charge on any atom is 0.236 e. The first-order chi connectivity index (χ1) is 9.67. The molecule has 1 amide bonds. The van der Waals surface area contributed by atoms with E-state index >= 15 is 0 Å². The summed E-state index contributed by atoms with van der Waals surface area (Å²) in [6, 6.07) is 1.52. The lowest BCUT2D eigenvalue weighted by atomic mass is 10.0. The summed E-state index contributed by atoms with van der Waals surface area (Å²) < 4.78 is 15.4. The van der Waals surface area contributed by atoms with Gasteiger partial charge in [0.1, 0.15) is 0 Å². The smallest absolute Gasteiger partial charge is 0.236 e. The van der Waals surface area contributed by atoms with Gasteiger partial charge in [0.2, 0.25) is 23.6 Å². The minimum absolute atomic E-state index is 0.0116. The monoisotopic (exact) mass is 282 g/mol. The normalized spacial score (nSPS) is 21.6. The highest BCUT2D eigenvalue weighted by molar-refractivity contribution is 5.91. The van der Waals surface area contributed by atoms with Crippen LogP contribution in [0.2, 0.25) is 0 Å². The van der Waals surface area contributed by atoms with Gasteiger partial charge < -0.3 is 19.5 Å². The van der Waals surface area contributed by atoms with E-state index in [1.54, 1.807) is 7.05 Å². The first-order valence-electron chi connectivity index (χ1n) is 6.21. The number of amides is 1. The Morgan fingerprint density at radius 1 is 1.30 bits per heavy atom. The molecule has 2 unspecified atom stereocenters. The largest absolute Gasteiger partial charge is 0.481 e. The van der Waals surface area contributed by atoms with Gasteiger partial charge in [0, 0.05) is 6.04 Å². The summed E-state index contributed by atoms with van der Waals surface area (Å²) in [5, 5.41) is 5.71. The molecule has 8 nitrogen and oxygen atoms in total. The van der Waals surface area contributed by atoms with Crippen molar-refractivity contribution in [2.24, 2.45) is 5.92 Å². The van der Waals surface area contributed by atoms with Gasteiger partial charge in [-0.05, 0) is 7.05 Å². The van der Waals surface area contributed by atoms with Crippen molar-refractivity contribution in [1.82, 2.24) is 15.3 Å². The van der Waals surface area contributed by atoms with Crippen molar-refractivity contribution in [3.05, 3.63) is 6.07 Å². The average Bonchev–Trinajstić information content (AvgIpc) is 2.95. The standard InChI is InChI=1S/C12H18N4O4/c1-13-8-6-20-5-7(8)11(17)16-12-14-9(18-2)4-10(15-12)19-3/h4,7-8,13H,5-6H2,1-3H3,(H,14,15,16,17). The third-order valence-corrected chi connectivity index (χ3v) is 3.12. The zero-order chi connectivity index (χ0) is 14.5. The van der Waals surface area contributed by atoms with Crippen molar-refractivity contribution >= 4 is 11.9 Å². The van der Waals surface area contributed by atoms with E-state index in [-0.39, 0.29) is 23.8 Å². The highest BCUT2D eigenvalue weighted by atomic mass is 16.5. The van der Waals surface area contributed by atoms with Crippen LogP contribution in [0.1, 0.15) is 0 Å². The van der Waals surface area contributed by atoms with E-state index in [2.05, 4.69) is 20.6 Å². The molecule has 1 aliphatic rings. The van der Waals surface area contributed by atoms with Crippen LogP contribution in [0, 0.1) is 5.92 Å². The molecule has 0 aromatic carbocycles. The van der Waals surface area contributed by atoms with Crippen LogP contribution in [-0.4, -0.2) is 56.4 Å². The van der Waals surface area contributed by atoms with Crippen molar-refractivity contribution < 1.29 is 19.0 Å². The molecule has 0 spiro atoms. The molecule has 2 N–H and O–H groups in total. The lowest BCUT2D eigenvalue weighted by Gasteiger charge is -2.16. The molecule has 1 fully saturated rings. The molecular formula is C12H18N4O4. The molecule has 0 radical (unpaired) electrons. The SMILES string of the molecule is CNC1COCC1C(=O)Nc1nc(OC)cc(OC)n1. The molecule has 0 bridgehead atoms. The van der Waals surface area contributed by atoms with Crippen LogP contribution in [0.4, 0.5) is 5.95 Å². The van der Waals surface area contributed by atoms with Crippen molar-refractivity contribution in [3.8, 4) is 11.8 Å². The fourth-order valence-corrected chi connectivity index (χ4v) is 1.97. The molecule has 2 heterocycles. The van der Waals surface area contributed by atoms with Crippen molar-refractivity contribution in [2.45, 2.75) is 6.04 Å². The fraction of sp³-hybridized carbons (Fsp3) is 0.583. The number of anilines is 1. The molecule has 1 aromatic heterocycles. The number of nitrogens with zero attached hydrogens (tertiary/aromatic N) is 2. The van der Waals surface area contributed by atoms with Crippen molar-refractivity contribution in [3.63, 3.8) is 0 Å². The first-order valence-corrected chi connectivity index (χ1v) is 6.21. The third kappa shape index (κ3) is 3.14. The maximum atomic E-state index is 12.2. The van der Waals surface area contributed by atoms with E-state index in [0.717, 1.165) is 0 Å². The molecule has 2 rings (SSSR count). The predicted molar refractivity (Wildman–Crippen MR) is 70.9 cm³/mol. The molecular weight excluding hydrogens is 264 g/mol. The first kappa shape index (κ1) is 14.5. The molecule has 20 heavy (non-hydrogen) atoms. The fourth-order valence-electron chi connectivity index (χ4n) is 1.97. The Hall–Kier alpha value is -1.93. The number of nitrogens with one attached hydrogen (secondary N) is 2. The third-order valence-electron chi connectivity index (χ3n) is 3.12. The van der Waals surface area contributed by atoms with Crippen LogP contribution in [0.25, 0.3) is 0 Å². The maximum absolute atomic E-state index is 12.2. The van der Waals surface area contributed by atoms with Gasteiger partial charge in [-0.1, -0.05) is 0 Å². The van der Waals surface area contributed by atoms with Crippen LogP contribution in [0.5, 0.6) is 11.8 Å². The molecule has 0 aliphatic carbocycles. The number of hydrogen-bond donors (Lipinski definition) is 2. The lowest BCUT2D eigenvalue weighted by Crippen LogP contribution is -2.39. The Labute approximate surface area is 116 Å². The second-order valence-electron chi connectivity index (χ2n) is 4.30. The Balaban J connectivity index is 2.10. The Kier molecular flexibility index (Phi) is 4.70. The summed E-state index contributed by atoms with van der Waals surface area (Å²) in [7, 11) is 4.76. The quantitative estimate of drug-likeness (QED) is 0.763. The second kappa shape index (κ2) is 6.49. The number of hydrogen-bond acceptors (Lipinski definition) is 7. The number of methoxy groups -OCH3 is 2. The summed E-state index contributed by atoms with van der Waals surface area (Å²) in [6.07, 6.45) is 0. The van der Waals surface area contributed by atoms with Gasteiger partial charge in [0.05, 0.1) is 39.4 Å². The van der Waals surface area contributed by atoms with Gasteiger partial charge >= 0.3 is 0 Å². The minimum Gasteiger partial charge on any atom is -0.481 e. The van der Waals surface area contributed by atoms with Crippen LogP contribution in [0.3, 0.4) is 0 Å². The zero-order valence-electron chi connectivity index (χ0n) is 11.7. The highest BCUT2D eigenvalue weighted by Crippen LogP contribution is 2.19. The summed E-state index contributed by atoms with van der Waals surface area (Å²) in [5.41, 5.74) is 0. The number of carbonyl (C=O) groups is 1. The van der Waals surface area contributed by atoms with Crippen LogP contribution < -0.4 is 20.1 Å². The predicted octanol–water partition coefficient (Wildman–Crippen LogP) is -0.333. The number of ether oxygens (including phenoxy) is 3. The van der Waals surface area contributed by atoms with E-state index < -0.39 is 0 Å². The zero-order valence-corrected chi connectivity index (χ0v) is 11.7. The number of rotatable bonds is 5. The van der Waals surface area contributed by atoms with Crippen molar-refractivity contribution in [2.75, 3.05) is 39.8 Å². The Morgan fingerprint density at radius 3 is 2.50 bits per heavy atom. The molecule has 1 aromatic rings. The molecule has 110 valence electrons. The summed E-state index contributed by atoms with van der Waals surface area (Å²) in [4.78, 5) is 20.3. The molecule has 1 saturated heterocycles. The van der Waals surface area contributed by atoms with E-state index in [1.165, 1.54) is 20.3 Å². The van der Waals surface area contributed by atoms with Gasteiger partial charge in [-0.2, -0.15) is 9.97 Å². The molecule has 2 atom stereocenters. The van der Waals surface area contributed by atoms with E-state index in [9.17, 15) is 4.79 Å². The summed E-state index contributed by atoms with van der Waals surface area (Å²) >= 11 is 0. The summed E-state index contributed by atoms with van der Waals surface area (Å²) in [5.74, 6) is 0.311. The van der Waals surface area contributed by atoms with Crippen LogP contribution >= 0.6 is 0 Å². The van der Waals surface area contributed by atoms with Gasteiger partial charge in [-0.3, -0.25) is 10.1 Å². The minimum atomic E-state index is -0.277. The van der Waals surface area contributed by atoms with Gasteiger partial charge in [0.25, 0.3) is 0 Å². The number of carbonyl (C=O) groups excluding carboxylic acids is 1. The van der Waals surface area contributed by atoms with Gasteiger partial charge in [0.15, 0.2) is 0 Å². The Morgan fingerprint density at radius 2 is 1.95 bits per heavy atom. The molecule has 8 heteroatoms.